The molecule has 6 nitrogen and oxygen atoms in total. The van der Waals surface area contributed by atoms with E-state index in [-0.39, 0.29) is 0 Å². The first-order chi connectivity index (χ1) is 11.0. The highest BCUT2D eigenvalue weighted by Gasteiger charge is 2.00. The highest BCUT2D eigenvalue weighted by Crippen LogP contribution is 1.94. The molecule has 150 valence electrons. The van der Waals surface area contributed by atoms with E-state index in [1.165, 1.54) is 0 Å². The lowest BCUT2D eigenvalue weighted by Gasteiger charge is -2.19. The van der Waals surface area contributed by atoms with Gasteiger partial charge in [0.15, 0.2) is 0 Å². The van der Waals surface area contributed by atoms with E-state index in [2.05, 4.69) is 48.5 Å². The smallest absolute Gasteiger partial charge is 0.0682 e. The lowest BCUT2D eigenvalue weighted by molar-refractivity contribution is -0.159. The molecule has 0 rings (SSSR count). The Balaban J connectivity index is -0.000000278. The number of hydrogen-bond acceptors (Lipinski definition) is 6. The highest BCUT2D eigenvalue weighted by atomic mass is 16.7. The third-order valence-electron chi connectivity index (χ3n) is 3.30. The summed E-state index contributed by atoms with van der Waals surface area (Å²) in [5, 5.41) is 5.52. The van der Waals surface area contributed by atoms with Crippen molar-refractivity contribution >= 4 is 0 Å². The third-order valence-corrected chi connectivity index (χ3v) is 3.30. The largest absolute Gasteiger partial charge is 0.302 e. The van der Waals surface area contributed by atoms with Crippen LogP contribution in [0, 0.1) is 0 Å². The van der Waals surface area contributed by atoms with Gasteiger partial charge in [-0.3, -0.25) is 9.68 Å². The summed E-state index contributed by atoms with van der Waals surface area (Å²) in [6, 6.07) is 1.44. The van der Waals surface area contributed by atoms with Crippen LogP contribution in [0.25, 0.3) is 0 Å². The van der Waals surface area contributed by atoms with Crippen LogP contribution < -0.4 is 0 Å². The molecule has 0 saturated heterocycles. The summed E-state index contributed by atoms with van der Waals surface area (Å²) in [7, 11) is 7.47. The van der Waals surface area contributed by atoms with Crippen molar-refractivity contribution < 1.29 is 14.5 Å². The van der Waals surface area contributed by atoms with E-state index in [0.717, 1.165) is 19.6 Å². The molecule has 0 fully saturated rings. The molecule has 0 N–H and O–H groups in total. The van der Waals surface area contributed by atoms with Crippen molar-refractivity contribution in [3.63, 3.8) is 0 Å². The SMILES string of the molecule is CCCON(C)C(C)C.CCON(C)C(C)C.CON(C)C(C)C. The van der Waals surface area contributed by atoms with Gasteiger partial charge in [0, 0.05) is 39.3 Å². The van der Waals surface area contributed by atoms with Gasteiger partial charge in [-0.2, -0.15) is 15.2 Å². The molecule has 24 heavy (non-hydrogen) atoms. The Morgan fingerprint density at radius 1 is 0.667 bits per heavy atom. The van der Waals surface area contributed by atoms with Crippen LogP contribution in [0.3, 0.4) is 0 Å². The zero-order valence-corrected chi connectivity index (χ0v) is 18.4. The molecular weight excluding hydrogens is 306 g/mol. The van der Waals surface area contributed by atoms with Gasteiger partial charge in [-0.15, -0.1) is 0 Å². The third kappa shape index (κ3) is 21.8. The average molecular weight is 352 g/mol. The molecule has 0 aromatic heterocycles. The second kappa shape index (κ2) is 19.1. The molecule has 0 heterocycles. The lowest BCUT2D eigenvalue weighted by Crippen LogP contribution is -2.26. The maximum Gasteiger partial charge on any atom is 0.0682 e. The molecule has 0 spiro atoms. The molecular formula is C18H45N3O3. The Bertz CT molecular complexity index is 240. The van der Waals surface area contributed by atoms with Gasteiger partial charge in [0.1, 0.15) is 0 Å². The van der Waals surface area contributed by atoms with Gasteiger partial charge in [-0.05, 0) is 54.9 Å². The van der Waals surface area contributed by atoms with Gasteiger partial charge in [0.2, 0.25) is 0 Å². The van der Waals surface area contributed by atoms with Crippen LogP contribution in [0.5, 0.6) is 0 Å². The minimum atomic E-state index is 0.477. The van der Waals surface area contributed by atoms with Crippen LogP contribution >= 0.6 is 0 Å². The number of hydroxylamine groups is 6. The molecule has 0 radical (unpaired) electrons. The number of hydrogen-bond donors (Lipinski definition) is 0. The van der Waals surface area contributed by atoms with Gasteiger partial charge in [0.05, 0.1) is 20.3 Å². The van der Waals surface area contributed by atoms with Gasteiger partial charge in [-0.1, -0.05) is 6.92 Å². The molecule has 0 saturated carbocycles. The summed E-state index contributed by atoms with van der Waals surface area (Å²) >= 11 is 0. The van der Waals surface area contributed by atoms with E-state index in [4.69, 9.17) is 14.5 Å². The van der Waals surface area contributed by atoms with Crippen LogP contribution in [0.2, 0.25) is 0 Å². The van der Waals surface area contributed by atoms with Crippen molar-refractivity contribution in [3.8, 4) is 0 Å². The lowest BCUT2D eigenvalue weighted by atomic mass is 10.4. The molecule has 0 aromatic rings. The second-order valence-electron chi connectivity index (χ2n) is 6.35. The maximum absolute atomic E-state index is 5.29. The molecule has 0 amide bonds. The van der Waals surface area contributed by atoms with Crippen molar-refractivity contribution in [3.05, 3.63) is 0 Å². The Morgan fingerprint density at radius 3 is 1.21 bits per heavy atom. The number of rotatable bonds is 9. The van der Waals surface area contributed by atoms with E-state index in [9.17, 15) is 0 Å². The van der Waals surface area contributed by atoms with Gasteiger partial charge < -0.3 is 4.84 Å². The van der Waals surface area contributed by atoms with Gasteiger partial charge in [0.25, 0.3) is 0 Å². The first-order valence-electron chi connectivity index (χ1n) is 9.03. The standard InChI is InChI=1S/C7H17NO.C6H15NO.C5H13NO/c1-5-6-9-8(4)7(2)3;1-5-8-7(4)6(2)3;1-5(2)6(3)7-4/h7H,5-6H2,1-4H3;6H,5H2,1-4H3;5H,1-4H3. The maximum atomic E-state index is 5.29. The molecule has 0 unspecified atom stereocenters. The van der Waals surface area contributed by atoms with Crippen molar-refractivity contribution in [2.75, 3.05) is 41.5 Å². The zero-order valence-electron chi connectivity index (χ0n) is 18.4. The summed E-state index contributed by atoms with van der Waals surface area (Å²) in [6.07, 6.45) is 1.08. The van der Waals surface area contributed by atoms with Crippen molar-refractivity contribution in [2.24, 2.45) is 0 Å². The van der Waals surface area contributed by atoms with E-state index in [1.807, 2.05) is 38.2 Å². The molecule has 0 aromatic carbocycles. The minimum Gasteiger partial charge on any atom is -0.302 e. The van der Waals surface area contributed by atoms with E-state index in [0.29, 0.717) is 18.1 Å². The molecule has 0 aliphatic rings. The topological polar surface area (TPSA) is 37.4 Å². The predicted octanol–water partition coefficient (Wildman–Crippen LogP) is 3.83. The Kier molecular flexibility index (Phi) is 22.7. The molecule has 0 bridgehead atoms. The van der Waals surface area contributed by atoms with Crippen LogP contribution in [0.1, 0.15) is 61.8 Å². The summed E-state index contributed by atoms with van der Waals surface area (Å²) in [4.78, 5) is 15.3. The molecule has 0 aliphatic heterocycles. The summed E-state index contributed by atoms with van der Waals surface area (Å²) in [5.41, 5.74) is 0. The van der Waals surface area contributed by atoms with Crippen molar-refractivity contribution in [1.29, 1.82) is 0 Å². The fourth-order valence-corrected chi connectivity index (χ4v) is 0.948. The second-order valence-corrected chi connectivity index (χ2v) is 6.35. The summed E-state index contributed by atoms with van der Waals surface area (Å²) in [5.74, 6) is 0. The monoisotopic (exact) mass is 351 g/mol. The number of nitrogens with zero attached hydrogens (tertiary/aromatic N) is 3. The first kappa shape index (κ1) is 28.6. The molecule has 0 aliphatic carbocycles. The Hall–Kier alpha value is -0.240. The van der Waals surface area contributed by atoms with Crippen LogP contribution in [0.15, 0.2) is 0 Å². The fraction of sp³-hybridized carbons (Fsp3) is 1.00. The van der Waals surface area contributed by atoms with Crippen LogP contribution in [0.4, 0.5) is 0 Å². The van der Waals surface area contributed by atoms with Crippen molar-refractivity contribution in [1.82, 2.24) is 15.2 Å². The first-order valence-corrected chi connectivity index (χ1v) is 9.03. The van der Waals surface area contributed by atoms with Gasteiger partial charge >= 0.3 is 0 Å². The highest BCUT2D eigenvalue weighted by molar-refractivity contribution is 4.43. The molecule has 0 atom stereocenters. The predicted molar refractivity (Wildman–Crippen MR) is 104 cm³/mol. The van der Waals surface area contributed by atoms with Gasteiger partial charge in [-0.25, -0.2) is 0 Å². The zero-order chi connectivity index (χ0) is 19.7. The van der Waals surface area contributed by atoms with E-state index >= 15 is 0 Å². The molecule has 6 heteroatoms. The van der Waals surface area contributed by atoms with E-state index < -0.39 is 0 Å². The average Bonchev–Trinajstić information content (AvgIpc) is 2.52. The fourth-order valence-electron chi connectivity index (χ4n) is 0.948. The van der Waals surface area contributed by atoms with Crippen LogP contribution in [-0.2, 0) is 14.5 Å². The van der Waals surface area contributed by atoms with Crippen LogP contribution in [-0.4, -0.2) is 74.8 Å². The minimum absolute atomic E-state index is 0.477. The van der Waals surface area contributed by atoms with E-state index in [1.54, 1.807) is 12.2 Å². The normalized spacial score (nSPS) is 11.2. The quantitative estimate of drug-likeness (QED) is 0.588. The summed E-state index contributed by atoms with van der Waals surface area (Å²) in [6.45, 7) is 18.2. The Morgan fingerprint density at radius 2 is 1.04 bits per heavy atom. The Labute approximate surface area is 151 Å². The summed E-state index contributed by atoms with van der Waals surface area (Å²) < 4.78 is 0. The van der Waals surface area contributed by atoms with Crippen molar-refractivity contribution in [2.45, 2.75) is 79.9 Å².